The Balaban J connectivity index is 2.32. The minimum Gasteiger partial charge on any atom is -0.478 e. The zero-order valence-electron chi connectivity index (χ0n) is 9.55. The number of rotatable bonds is 3. The number of nitrogens with zero attached hydrogens (tertiary/aromatic N) is 1. The molecule has 0 fully saturated rings. The van der Waals surface area contributed by atoms with Crippen molar-refractivity contribution in [2.24, 2.45) is 0 Å². The van der Waals surface area contributed by atoms with Crippen LogP contribution in [0.5, 0.6) is 0 Å². The van der Waals surface area contributed by atoms with Crippen LogP contribution in [-0.2, 0) is 6.42 Å². The van der Waals surface area contributed by atoms with Gasteiger partial charge in [0, 0.05) is 12.4 Å². The van der Waals surface area contributed by atoms with Gasteiger partial charge in [0.15, 0.2) is 0 Å². The summed E-state index contributed by atoms with van der Waals surface area (Å²) in [6, 6.07) is 9.09. The first kappa shape index (κ1) is 11.3. The lowest BCUT2D eigenvalue weighted by Crippen LogP contribution is -2.00. The molecule has 3 nitrogen and oxygen atoms in total. The molecule has 1 N–H and O–H groups in total. The molecule has 3 heteroatoms. The van der Waals surface area contributed by atoms with Crippen LogP contribution in [0, 0.1) is 6.92 Å². The van der Waals surface area contributed by atoms with Gasteiger partial charge in [0.2, 0.25) is 0 Å². The molecule has 0 saturated heterocycles. The van der Waals surface area contributed by atoms with E-state index in [1.54, 1.807) is 24.5 Å². The van der Waals surface area contributed by atoms with Crippen LogP contribution in [0.2, 0.25) is 0 Å². The van der Waals surface area contributed by atoms with E-state index in [1.807, 2.05) is 25.1 Å². The minimum absolute atomic E-state index is 0.333. The van der Waals surface area contributed by atoms with Crippen molar-refractivity contribution >= 4 is 5.97 Å². The zero-order valence-corrected chi connectivity index (χ0v) is 9.55. The molecule has 17 heavy (non-hydrogen) atoms. The molecule has 0 saturated carbocycles. The second-order valence-electron chi connectivity index (χ2n) is 3.98. The predicted octanol–water partition coefficient (Wildman–Crippen LogP) is 2.68. The lowest BCUT2D eigenvalue weighted by molar-refractivity contribution is 0.0697. The highest BCUT2D eigenvalue weighted by Crippen LogP contribution is 2.15. The van der Waals surface area contributed by atoms with Crippen LogP contribution < -0.4 is 0 Å². The maximum atomic E-state index is 10.9. The Hall–Kier alpha value is -2.16. The van der Waals surface area contributed by atoms with E-state index in [-0.39, 0.29) is 0 Å². The van der Waals surface area contributed by atoms with Gasteiger partial charge >= 0.3 is 5.97 Å². The molecule has 0 spiro atoms. The van der Waals surface area contributed by atoms with E-state index in [4.69, 9.17) is 5.11 Å². The maximum absolute atomic E-state index is 10.9. The molecule has 2 rings (SSSR count). The monoisotopic (exact) mass is 227 g/mol. The standard InChI is InChI=1S/C14H13NO2/c1-10-2-3-12(14(16)17)9-13(10)8-11-4-6-15-7-5-11/h2-7,9H,8H2,1H3,(H,16,17). The van der Waals surface area contributed by atoms with Crippen molar-refractivity contribution in [1.82, 2.24) is 4.98 Å². The second kappa shape index (κ2) is 4.78. The fraction of sp³-hybridized carbons (Fsp3) is 0.143. The van der Waals surface area contributed by atoms with Crippen molar-refractivity contribution in [3.8, 4) is 0 Å². The SMILES string of the molecule is Cc1ccc(C(=O)O)cc1Cc1ccncc1. The van der Waals surface area contributed by atoms with Gasteiger partial charge in [0.25, 0.3) is 0 Å². The summed E-state index contributed by atoms with van der Waals surface area (Å²) in [6.07, 6.45) is 4.22. The topological polar surface area (TPSA) is 50.2 Å². The summed E-state index contributed by atoms with van der Waals surface area (Å²) in [6.45, 7) is 1.99. The average molecular weight is 227 g/mol. The fourth-order valence-corrected chi connectivity index (χ4v) is 1.72. The van der Waals surface area contributed by atoms with Gasteiger partial charge in [-0.05, 0) is 54.3 Å². The van der Waals surface area contributed by atoms with E-state index in [0.29, 0.717) is 5.56 Å². The summed E-state index contributed by atoms with van der Waals surface area (Å²) in [7, 11) is 0. The molecule has 0 atom stereocenters. The predicted molar refractivity (Wildman–Crippen MR) is 65.2 cm³/mol. The molecule has 0 bridgehead atoms. The lowest BCUT2D eigenvalue weighted by Gasteiger charge is -2.07. The number of carboxylic acid groups (broad SMARTS) is 1. The highest BCUT2D eigenvalue weighted by Gasteiger charge is 2.06. The first-order chi connectivity index (χ1) is 8.16. The average Bonchev–Trinajstić information content (AvgIpc) is 2.33. The van der Waals surface area contributed by atoms with E-state index >= 15 is 0 Å². The quantitative estimate of drug-likeness (QED) is 0.877. The van der Waals surface area contributed by atoms with Gasteiger partial charge in [0.05, 0.1) is 5.56 Å². The van der Waals surface area contributed by atoms with Crippen molar-refractivity contribution in [3.05, 3.63) is 65.0 Å². The Morgan fingerprint density at radius 2 is 1.94 bits per heavy atom. The number of pyridine rings is 1. The van der Waals surface area contributed by atoms with Crippen LogP contribution in [0.1, 0.15) is 27.0 Å². The highest BCUT2D eigenvalue weighted by atomic mass is 16.4. The normalized spacial score (nSPS) is 10.2. The number of carboxylic acids is 1. The van der Waals surface area contributed by atoms with Crippen molar-refractivity contribution in [2.45, 2.75) is 13.3 Å². The molecule has 0 radical (unpaired) electrons. The third-order valence-electron chi connectivity index (χ3n) is 2.74. The summed E-state index contributed by atoms with van der Waals surface area (Å²) in [5, 5.41) is 8.96. The van der Waals surface area contributed by atoms with Crippen molar-refractivity contribution in [2.75, 3.05) is 0 Å². The van der Waals surface area contributed by atoms with Gasteiger partial charge in [-0.2, -0.15) is 0 Å². The molecule has 1 heterocycles. The zero-order chi connectivity index (χ0) is 12.3. The number of aromatic nitrogens is 1. The molecule has 0 amide bonds. The second-order valence-corrected chi connectivity index (χ2v) is 3.98. The van der Waals surface area contributed by atoms with Crippen molar-refractivity contribution in [3.63, 3.8) is 0 Å². The number of carbonyl (C=O) groups is 1. The van der Waals surface area contributed by atoms with Gasteiger partial charge in [-0.1, -0.05) is 6.07 Å². The van der Waals surface area contributed by atoms with Gasteiger partial charge in [0.1, 0.15) is 0 Å². The van der Waals surface area contributed by atoms with Crippen LogP contribution in [0.15, 0.2) is 42.7 Å². The summed E-state index contributed by atoms with van der Waals surface area (Å²) < 4.78 is 0. The smallest absolute Gasteiger partial charge is 0.335 e. The molecule has 1 aromatic carbocycles. The molecule has 0 aliphatic rings. The van der Waals surface area contributed by atoms with Gasteiger partial charge < -0.3 is 5.11 Å². The molecule has 0 aliphatic heterocycles. The van der Waals surface area contributed by atoms with Gasteiger partial charge in [-0.3, -0.25) is 4.98 Å². The number of hydrogen-bond donors (Lipinski definition) is 1. The molecule has 0 aliphatic carbocycles. The van der Waals surface area contributed by atoms with E-state index in [1.165, 1.54) is 0 Å². The van der Waals surface area contributed by atoms with Crippen LogP contribution in [0.4, 0.5) is 0 Å². The first-order valence-electron chi connectivity index (χ1n) is 5.38. The fourth-order valence-electron chi connectivity index (χ4n) is 1.72. The van der Waals surface area contributed by atoms with E-state index < -0.39 is 5.97 Å². The molecule has 86 valence electrons. The van der Waals surface area contributed by atoms with Gasteiger partial charge in [-0.25, -0.2) is 4.79 Å². The molecule has 2 aromatic rings. The molecule has 1 aromatic heterocycles. The summed E-state index contributed by atoms with van der Waals surface area (Å²) in [5.41, 5.74) is 3.60. The Bertz CT molecular complexity index is 535. The van der Waals surface area contributed by atoms with Crippen molar-refractivity contribution < 1.29 is 9.90 Å². The number of aromatic carboxylic acids is 1. The van der Waals surface area contributed by atoms with E-state index in [2.05, 4.69) is 4.98 Å². The van der Waals surface area contributed by atoms with Crippen LogP contribution in [0.3, 0.4) is 0 Å². The Kier molecular flexibility index (Phi) is 3.19. The van der Waals surface area contributed by atoms with E-state index in [9.17, 15) is 4.79 Å². The van der Waals surface area contributed by atoms with Crippen molar-refractivity contribution in [1.29, 1.82) is 0 Å². The number of hydrogen-bond acceptors (Lipinski definition) is 2. The third-order valence-corrected chi connectivity index (χ3v) is 2.74. The maximum Gasteiger partial charge on any atom is 0.335 e. The molecular weight excluding hydrogens is 214 g/mol. The summed E-state index contributed by atoms with van der Waals surface area (Å²) in [5.74, 6) is -0.888. The third kappa shape index (κ3) is 2.69. The van der Waals surface area contributed by atoms with Gasteiger partial charge in [-0.15, -0.1) is 0 Å². The summed E-state index contributed by atoms with van der Waals surface area (Å²) in [4.78, 5) is 14.9. The largest absolute Gasteiger partial charge is 0.478 e. The summed E-state index contributed by atoms with van der Waals surface area (Å²) >= 11 is 0. The van der Waals surface area contributed by atoms with Crippen LogP contribution >= 0.6 is 0 Å². The Morgan fingerprint density at radius 3 is 2.59 bits per heavy atom. The van der Waals surface area contributed by atoms with Crippen LogP contribution in [-0.4, -0.2) is 16.1 Å². The lowest BCUT2D eigenvalue weighted by atomic mass is 9.99. The Labute approximate surface area is 99.8 Å². The molecular formula is C14H13NO2. The first-order valence-corrected chi connectivity index (χ1v) is 5.38. The highest BCUT2D eigenvalue weighted by molar-refractivity contribution is 5.87. The number of aryl methyl sites for hydroxylation is 1. The molecule has 0 unspecified atom stereocenters. The van der Waals surface area contributed by atoms with E-state index in [0.717, 1.165) is 23.1 Å². The van der Waals surface area contributed by atoms with Crippen LogP contribution in [0.25, 0.3) is 0 Å². The minimum atomic E-state index is -0.888. The number of benzene rings is 1. The Morgan fingerprint density at radius 1 is 1.24 bits per heavy atom.